The lowest BCUT2D eigenvalue weighted by atomic mass is 9.63. The van der Waals surface area contributed by atoms with Gasteiger partial charge in [-0.15, -0.1) is 0 Å². The summed E-state index contributed by atoms with van der Waals surface area (Å²) in [7, 11) is 0. The largest absolute Gasteiger partial charge is 0.458 e. The van der Waals surface area contributed by atoms with Gasteiger partial charge in [0.05, 0.1) is 0 Å². The third-order valence-corrected chi connectivity index (χ3v) is 4.06. The third kappa shape index (κ3) is 1.45. The molecule has 0 bridgehead atoms. The van der Waals surface area contributed by atoms with Gasteiger partial charge in [0.1, 0.15) is 11.0 Å². The van der Waals surface area contributed by atoms with Crippen LogP contribution in [0.5, 0.6) is 0 Å². The van der Waals surface area contributed by atoms with Crippen LogP contribution in [-0.4, -0.2) is 11.6 Å². The van der Waals surface area contributed by atoms with Crippen molar-refractivity contribution in [3.8, 4) is 0 Å². The van der Waals surface area contributed by atoms with E-state index in [4.69, 9.17) is 4.74 Å². The smallest absolute Gasteiger partial charge is 0.316 e. The maximum Gasteiger partial charge on any atom is 0.316 e. The zero-order valence-electron chi connectivity index (χ0n) is 10.0. The molecule has 0 amide bonds. The maximum atomic E-state index is 11.6. The van der Waals surface area contributed by atoms with Gasteiger partial charge < -0.3 is 4.74 Å². The summed E-state index contributed by atoms with van der Waals surface area (Å²) in [6.45, 7) is 10.6. The zero-order chi connectivity index (χ0) is 11.0. The van der Waals surface area contributed by atoms with E-state index >= 15 is 0 Å². The topological polar surface area (TPSA) is 26.3 Å². The summed E-state index contributed by atoms with van der Waals surface area (Å²) in [5.41, 5.74) is -0.481. The Bertz CT molecular complexity index is 236. The second-order valence-electron chi connectivity index (χ2n) is 5.02. The van der Waals surface area contributed by atoms with Gasteiger partial charge >= 0.3 is 5.97 Å². The molecule has 1 heterocycles. The molecule has 0 spiro atoms. The Labute approximate surface area is 87.0 Å². The number of esters is 1. The molecular weight excluding hydrogens is 176 g/mol. The van der Waals surface area contributed by atoms with Gasteiger partial charge in [-0.25, -0.2) is 0 Å². The Morgan fingerprint density at radius 3 is 2.29 bits per heavy atom. The molecular formula is C12H22O2. The molecule has 1 saturated heterocycles. The summed E-state index contributed by atoms with van der Waals surface area (Å²) < 4.78 is 5.30. The van der Waals surface area contributed by atoms with Crippen LogP contribution < -0.4 is 0 Å². The number of ether oxygens (including phenoxy) is 1. The molecule has 14 heavy (non-hydrogen) atoms. The first-order valence-corrected chi connectivity index (χ1v) is 5.63. The Kier molecular flexibility index (Phi) is 2.93. The molecule has 1 rings (SSSR count). The van der Waals surface area contributed by atoms with Crippen LogP contribution in [0.15, 0.2) is 0 Å². The first-order valence-electron chi connectivity index (χ1n) is 5.63. The summed E-state index contributed by atoms with van der Waals surface area (Å²) in [6.07, 6.45) is 2.99. The van der Waals surface area contributed by atoms with E-state index < -0.39 is 0 Å². The van der Waals surface area contributed by atoms with Crippen molar-refractivity contribution in [2.75, 3.05) is 0 Å². The molecule has 1 aliphatic heterocycles. The SMILES string of the molecule is CCC(C)CC1(C)C(=O)OC1(C)CC. The molecule has 3 atom stereocenters. The monoisotopic (exact) mass is 198 g/mol. The highest BCUT2D eigenvalue weighted by Crippen LogP contribution is 2.51. The van der Waals surface area contributed by atoms with E-state index in [1.165, 1.54) is 0 Å². The Morgan fingerprint density at radius 2 is 1.93 bits per heavy atom. The van der Waals surface area contributed by atoms with E-state index in [2.05, 4.69) is 34.6 Å². The quantitative estimate of drug-likeness (QED) is 0.649. The van der Waals surface area contributed by atoms with E-state index in [9.17, 15) is 4.79 Å². The predicted molar refractivity (Wildman–Crippen MR) is 57.0 cm³/mol. The minimum atomic E-state index is -0.253. The number of rotatable bonds is 4. The summed E-state index contributed by atoms with van der Waals surface area (Å²) >= 11 is 0. The van der Waals surface area contributed by atoms with Crippen LogP contribution in [0.3, 0.4) is 0 Å². The molecule has 0 aliphatic carbocycles. The van der Waals surface area contributed by atoms with Gasteiger partial charge in [0, 0.05) is 0 Å². The van der Waals surface area contributed by atoms with Crippen molar-refractivity contribution in [3.63, 3.8) is 0 Å². The van der Waals surface area contributed by atoms with Crippen molar-refractivity contribution >= 4 is 5.97 Å². The Balaban J connectivity index is 2.75. The fourth-order valence-corrected chi connectivity index (χ4v) is 2.20. The standard InChI is InChI=1S/C12H22O2/c1-6-9(3)8-11(4)10(13)14-12(11,5)7-2/h9H,6-8H2,1-5H3. The second-order valence-corrected chi connectivity index (χ2v) is 5.02. The zero-order valence-corrected chi connectivity index (χ0v) is 10.0. The van der Waals surface area contributed by atoms with E-state index in [1.807, 2.05) is 0 Å². The highest BCUT2D eigenvalue weighted by Gasteiger charge is 2.62. The van der Waals surface area contributed by atoms with E-state index in [1.54, 1.807) is 0 Å². The van der Waals surface area contributed by atoms with Crippen LogP contribution in [-0.2, 0) is 9.53 Å². The molecule has 0 radical (unpaired) electrons. The maximum absolute atomic E-state index is 11.6. The number of carbonyl (C=O) groups is 1. The van der Waals surface area contributed by atoms with Gasteiger partial charge in [0.25, 0.3) is 0 Å². The Morgan fingerprint density at radius 1 is 1.36 bits per heavy atom. The van der Waals surface area contributed by atoms with Gasteiger partial charge in [-0.3, -0.25) is 4.79 Å². The number of cyclic esters (lactones) is 1. The van der Waals surface area contributed by atoms with Crippen molar-refractivity contribution < 1.29 is 9.53 Å². The molecule has 3 unspecified atom stereocenters. The van der Waals surface area contributed by atoms with Crippen LogP contribution in [0, 0.1) is 11.3 Å². The average molecular weight is 198 g/mol. The van der Waals surface area contributed by atoms with Crippen molar-refractivity contribution in [2.24, 2.45) is 11.3 Å². The van der Waals surface area contributed by atoms with Crippen LogP contribution in [0.25, 0.3) is 0 Å². The van der Waals surface area contributed by atoms with Crippen molar-refractivity contribution in [1.82, 2.24) is 0 Å². The van der Waals surface area contributed by atoms with Crippen LogP contribution in [0.4, 0.5) is 0 Å². The molecule has 0 aromatic carbocycles. The average Bonchev–Trinajstić information content (AvgIpc) is 2.17. The van der Waals surface area contributed by atoms with E-state index in [0.29, 0.717) is 5.92 Å². The second kappa shape index (κ2) is 3.56. The molecule has 0 aromatic rings. The highest BCUT2D eigenvalue weighted by molar-refractivity contribution is 5.84. The highest BCUT2D eigenvalue weighted by atomic mass is 16.6. The van der Waals surface area contributed by atoms with Crippen molar-refractivity contribution in [1.29, 1.82) is 0 Å². The fraction of sp³-hybridized carbons (Fsp3) is 0.917. The van der Waals surface area contributed by atoms with Gasteiger partial charge in [-0.2, -0.15) is 0 Å². The molecule has 0 N–H and O–H groups in total. The van der Waals surface area contributed by atoms with Gasteiger partial charge in [-0.1, -0.05) is 27.2 Å². The Hall–Kier alpha value is -0.530. The molecule has 82 valence electrons. The molecule has 2 heteroatoms. The van der Waals surface area contributed by atoms with E-state index in [0.717, 1.165) is 19.3 Å². The van der Waals surface area contributed by atoms with E-state index in [-0.39, 0.29) is 17.0 Å². The number of carbonyl (C=O) groups excluding carboxylic acids is 1. The van der Waals surface area contributed by atoms with Crippen LogP contribution in [0.2, 0.25) is 0 Å². The van der Waals surface area contributed by atoms with Gasteiger partial charge in [-0.05, 0) is 32.6 Å². The van der Waals surface area contributed by atoms with Gasteiger partial charge in [0.15, 0.2) is 0 Å². The van der Waals surface area contributed by atoms with Crippen molar-refractivity contribution in [2.45, 2.75) is 59.5 Å². The fourth-order valence-electron chi connectivity index (χ4n) is 2.20. The third-order valence-electron chi connectivity index (χ3n) is 4.06. The number of hydrogen-bond donors (Lipinski definition) is 0. The lowest BCUT2D eigenvalue weighted by molar-refractivity contribution is -0.239. The molecule has 1 aliphatic rings. The lowest BCUT2D eigenvalue weighted by Gasteiger charge is -2.53. The molecule has 1 fully saturated rings. The van der Waals surface area contributed by atoms with Crippen molar-refractivity contribution in [3.05, 3.63) is 0 Å². The first-order chi connectivity index (χ1) is 6.39. The predicted octanol–water partition coefficient (Wildman–Crippen LogP) is 3.15. The minimum absolute atomic E-state index is 0.0119. The number of hydrogen-bond acceptors (Lipinski definition) is 2. The van der Waals surface area contributed by atoms with Gasteiger partial charge in [0.2, 0.25) is 0 Å². The van der Waals surface area contributed by atoms with Crippen LogP contribution >= 0.6 is 0 Å². The summed E-state index contributed by atoms with van der Waals surface area (Å²) in [4.78, 5) is 11.6. The normalized spacial score (nSPS) is 38.8. The molecule has 2 nitrogen and oxygen atoms in total. The summed E-state index contributed by atoms with van der Waals surface area (Å²) in [6, 6.07) is 0. The minimum Gasteiger partial charge on any atom is -0.458 e. The van der Waals surface area contributed by atoms with Crippen LogP contribution in [0.1, 0.15) is 53.9 Å². The lowest BCUT2D eigenvalue weighted by Crippen LogP contribution is -2.63. The molecule has 0 saturated carbocycles. The molecule has 0 aromatic heterocycles. The first kappa shape index (κ1) is 11.5. The summed E-state index contributed by atoms with van der Waals surface area (Å²) in [5.74, 6) is 0.584. The summed E-state index contributed by atoms with van der Waals surface area (Å²) in [5, 5.41) is 0.